The van der Waals surface area contributed by atoms with Gasteiger partial charge in [-0.25, -0.2) is 0 Å². The van der Waals surface area contributed by atoms with Gasteiger partial charge in [-0.15, -0.1) is 0 Å². The SMILES string of the molecule is Cc1cccc2c1C(=O)C[C@@H](Cc1ccccc1C#N)C(=O)N2. The summed E-state index contributed by atoms with van der Waals surface area (Å²) >= 11 is 0. The number of fused-ring (bicyclic) bond motifs is 1. The molecule has 2 aromatic rings. The first-order valence-corrected chi connectivity index (χ1v) is 7.52. The van der Waals surface area contributed by atoms with E-state index in [1.165, 1.54) is 0 Å². The Balaban J connectivity index is 1.92. The first kappa shape index (κ1) is 15.0. The monoisotopic (exact) mass is 304 g/mol. The average Bonchev–Trinajstić information content (AvgIpc) is 2.65. The third-order valence-electron chi connectivity index (χ3n) is 4.22. The van der Waals surface area contributed by atoms with E-state index in [-0.39, 0.29) is 18.1 Å². The van der Waals surface area contributed by atoms with Crippen LogP contribution in [0.3, 0.4) is 0 Å². The van der Waals surface area contributed by atoms with Gasteiger partial charge >= 0.3 is 0 Å². The highest BCUT2D eigenvalue weighted by atomic mass is 16.2. The molecule has 0 bridgehead atoms. The predicted molar refractivity (Wildman–Crippen MR) is 87.1 cm³/mol. The molecule has 1 heterocycles. The number of nitriles is 1. The van der Waals surface area contributed by atoms with Crippen LogP contribution < -0.4 is 5.32 Å². The van der Waals surface area contributed by atoms with Crippen molar-refractivity contribution in [1.82, 2.24) is 0 Å². The summed E-state index contributed by atoms with van der Waals surface area (Å²) in [6.45, 7) is 1.87. The summed E-state index contributed by atoms with van der Waals surface area (Å²) in [4.78, 5) is 25.1. The minimum Gasteiger partial charge on any atom is -0.325 e. The molecule has 4 nitrogen and oxygen atoms in total. The molecule has 1 aliphatic heterocycles. The molecule has 1 aliphatic rings. The number of carbonyl (C=O) groups excluding carboxylic acids is 2. The van der Waals surface area contributed by atoms with Crippen LogP contribution in [0, 0.1) is 24.2 Å². The summed E-state index contributed by atoms with van der Waals surface area (Å²) < 4.78 is 0. The van der Waals surface area contributed by atoms with Gasteiger partial charge in [-0.05, 0) is 36.6 Å². The van der Waals surface area contributed by atoms with E-state index in [0.29, 0.717) is 23.2 Å². The predicted octanol–water partition coefficient (Wildman–Crippen LogP) is 3.25. The average molecular weight is 304 g/mol. The van der Waals surface area contributed by atoms with E-state index in [2.05, 4.69) is 11.4 Å². The number of anilines is 1. The Morgan fingerprint density at radius 2 is 1.96 bits per heavy atom. The molecule has 0 saturated heterocycles. The number of amides is 1. The quantitative estimate of drug-likeness (QED) is 0.926. The minimum absolute atomic E-state index is 0.0316. The maximum absolute atomic E-state index is 12.6. The van der Waals surface area contributed by atoms with Gasteiger partial charge in [-0.3, -0.25) is 9.59 Å². The fraction of sp³-hybridized carbons (Fsp3) is 0.211. The Labute approximate surface area is 134 Å². The molecule has 0 saturated carbocycles. The summed E-state index contributed by atoms with van der Waals surface area (Å²) in [5, 5.41) is 12.0. The molecule has 0 aliphatic carbocycles. The van der Waals surface area contributed by atoms with E-state index < -0.39 is 5.92 Å². The van der Waals surface area contributed by atoms with Gasteiger partial charge in [0.1, 0.15) is 0 Å². The molecule has 3 rings (SSSR count). The van der Waals surface area contributed by atoms with E-state index in [1.807, 2.05) is 31.2 Å². The molecule has 23 heavy (non-hydrogen) atoms. The number of rotatable bonds is 2. The van der Waals surface area contributed by atoms with Crippen LogP contribution in [-0.2, 0) is 11.2 Å². The third-order valence-corrected chi connectivity index (χ3v) is 4.22. The number of Topliss-reactive ketones (excluding diaryl/α,β-unsaturated/α-hetero) is 1. The lowest BCUT2D eigenvalue weighted by Crippen LogP contribution is -2.24. The van der Waals surface area contributed by atoms with E-state index in [1.54, 1.807) is 18.2 Å². The molecule has 0 unspecified atom stereocenters. The van der Waals surface area contributed by atoms with Gasteiger partial charge in [0.2, 0.25) is 5.91 Å². The molecule has 1 N–H and O–H groups in total. The van der Waals surface area contributed by atoms with Crippen LogP contribution in [0.2, 0.25) is 0 Å². The van der Waals surface area contributed by atoms with Crippen LogP contribution in [0.25, 0.3) is 0 Å². The Hall–Kier alpha value is -2.93. The fourth-order valence-electron chi connectivity index (χ4n) is 3.03. The van der Waals surface area contributed by atoms with Crippen molar-refractivity contribution in [3.05, 3.63) is 64.7 Å². The van der Waals surface area contributed by atoms with Crippen molar-refractivity contribution >= 4 is 17.4 Å². The standard InChI is InChI=1S/C19H16N2O2/c1-12-5-4-8-16-18(12)17(22)10-15(19(23)21-16)9-13-6-2-3-7-14(13)11-20/h2-8,15H,9-10H2,1H3,(H,21,23)/t15-/m1/s1. The Morgan fingerprint density at radius 3 is 2.74 bits per heavy atom. The number of benzene rings is 2. The zero-order valence-electron chi connectivity index (χ0n) is 12.8. The summed E-state index contributed by atoms with van der Waals surface area (Å²) in [6.07, 6.45) is 0.539. The van der Waals surface area contributed by atoms with Gasteiger partial charge in [0.05, 0.1) is 17.3 Å². The van der Waals surface area contributed by atoms with Crippen LogP contribution in [-0.4, -0.2) is 11.7 Å². The second kappa shape index (κ2) is 6.05. The number of hydrogen-bond donors (Lipinski definition) is 1. The zero-order chi connectivity index (χ0) is 16.4. The Bertz CT molecular complexity index is 834. The van der Waals surface area contributed by atoms with Gasteiger partial charge < -0.3 is 5.32 Å². The molecule has 1 amide bonds. The highest BCUT2D eigenvalue weighted by molar-refractivity contribution is 6.10. The summed E-state index contributed by atoms with van der Waals surface area (Å²) in [5.41, 5.74) is 3.38. The first-order valence-electron chi connectivity index (χ1n) is 7.52. The van der Waals surface area contributed by atoms with Gasteiger partial charge in [0, 0.05) is 17.9 Å². The van der Waals surface area contributed by atoms with Crippen LogP contribution in [0.1, 0.15) is 33.5 Å². The maximum atomic E-state index is 12.6. The molecule has 2 aromatic carbocycles. The number of hydrogen-bond acceptors (Lipinski definition) is 3. The highest BCUT2D eigenvalue weighted by Gasteiger charge is 2.30. The van der Waals surface area contributed by atoms with Crippen LogP contribution >= 0.6 is 0 Å². The number of nitrogens with zero attached hydrogens (tertiary/aromatic N) is 1. The number of aryl methyl sites for hydroxylation is 1. The Kier molecular flexibility index (Phi) is 3.94. The molecular weight excluding hydrogens is 288 g/mol. The maximum Gasteiger partial charge on any atom is 0.228 e. The van der Waals surface area contributed by atoms with Gasteiger partial charge in [-0.2, -0.15) is 5.26 Å². The molecule has 114 valence electrons. The number of nitrogens with one attached hydrogen (secondary N) is 1. The van der Waals surface area contributed by atoms with Crippen LogP contribution in [0.5, 0.6) is 0 Å². The number of carbonyl (C=O) groups is 2. The van der Waals surface area contributed by atoms with E-state index in [0.717, 1.165) is 11.1 Å². The zero-order valence-corrected chi connectivity index (χ0v) is 12.8. The summed E-state index contributed by atoms with van der Waals surface area (Å²) in [6, 6.07) is 14.8. The fourth-order valence-corrected chi connectivity index (χ4v) is 3.03. The molecule has 4 heteroatoms. The van der Waals surface area contributed by atoms with Gasteiger partial charge in [0.25, 0.3) is 0 Å². The van der Waals surface area contributed by atoms with Crippen molar-refractivity contribution in [2.24, 2.45) is 5.92 Å². The Morgan fingerprint density at radius 1 is 1.17 bits per heavy atom. The molecular formula is C19H16N2O2. The largest absolute Gasteiger partial charge is 0.325 e. The smallest absolute Gasteiger partial charge is 0.228 e. The van der Waals surface area contributed by atoms with E-state index in [4.69, 9.17) is 0 Å². The van der Waals surface area contributed by atoms with Crippen molar-refractivity contribution in [1.29, 1.82) is 5.26 Å². The lowest BCUT2D eigenvalue weighted by Gasteiger charge is -2.13. The van der Waals surface area contributed by atoms with Crippen LogP contribution in [0.4, 0.5) is 5.69 Å². The van der Waals surface area contributed by atoms with Crippen LogP contribution in [0.15, 0.2) is 42.5 Å². The lowest BCUT2D eigenvalue weighted by molar-refractivity contribution is -0.119. The summed E-state index contributed by atoms with van der Waals surface area (Å²) in [5.74, 6) is -0.671. The third kappa shape index (κ3) is 2.86. The summed E-state index contributed by atoms with van der Waals surface area (Å²) in [7, 11) is 0. The lowest BCUT2D eigenvalue weighted by atomic mass is 9.90. The second-order valence-corrected chi connectivity index (χ2v) is 5.78. The molecule has 0 spiro atoms. The second-order valence-electron chi connectivity index (χ2n) is 5.78. The number of ketones is 1. The van der Waals surface area contributed by atoms with E-state index in [9.17, 15) is 14.9 Å². The molecule has 1 atom stereocenters. The van der Waals surface area contributed by atoms with Crippen molar-refractivity contribution in [2.45, 2.75) is 19.8 Å². The van der Waals surface area contributed by atoms with E-state index >= 15 is 0 Å². The van der Waals surface area contributed by atoms with Crippen molar-refractivity contribution in [3.63, 3.8) is 0 Å². The van der Waals surface area contributed by atoms with Gasteiger partial charge in [0.15, 0.2) is 5.78 Å². The normalized spacial score (nSPS) is 17.0. The molecule has 0 radical (unpaired) electrons. The van der Waals surface area contributed by atoms with Crippen molar-refractivity contribution < 1.29 is 9.59 Å². The minimum atomic E-state index is -0.469. The molecule has 0 aromatic heterocycles. The van der Waals surface area contributed by atoms with Crippen molar-refractivity contribution in [2.75, 3.05) is 5.32 Å². The first-order chi connectivity index (χ1) is 11.1. The molecule has 0 fully saturated rings. The van der Waals surface area contributed by atoms with Crippen molar-refractivity contribution in [3.8, 4) is 6.07 Å². The highest BCUT2D eigenvalue weighted by Crippen LogP contribution is 2.29. The topological polar surface area (TPSA) is 70.0 Å². The van der Waals surface area contributed by atoms with Gasteiger partial charge in [-0.1, -0.05) is 30.3 Å².